The Morgan fingerprint density at radius 1 is 0.400 bits per heavy atom. The summed E-state index contributed by atoms with van der Waals surface area (Å²) in [6.07, 6.45) is 0. The van der Waals surface area contributed by atoms with E-state index in [2.05, 4.69) is 100 Å². The van der Waals surface area contributed by atoms with Gasteiger partial charge in [-0.3, -0.25) is 0 Å². The van der Waals surface area contributed by atoms with Gasteiger partial charge in [0, 0.05) is 32.8 Å². The van der Waals surface area contributed by atoms with Crippen molar-refractivity contribution in [3.05, 3.63) is 168 Å². The van der Waals surface area contributed by atoms with E-state index in [1.807, 2.05) is 78.9 Å². The van der Waals surface area contributed by atoms with E-state index in [4.69, 9.17) is 0 Å². The Kier molecular flexibility index (Phi) is 6.56. The molecule has 0 saturated heterocycles. The molecule has 0 saturated carbocycles. The van der Waals surface area contributed by atoms with Gasteiger partial charge in [-0.2, -0.15) is 15.8 Å². The molecule has 5 heteroatoms. The summed E-state index contributed by atoms with van der Waals surface area (Å²) < 4.78 is 4.42. The summed E-state index contributed by atoms with van der Waals surface area (Å²) in [5, 5.41) is 33.4. The highest BCUT2D eigenvalue weighted by Crippen LogP contribution is 2.39. The van der Waals surface area contributed by atoms with Crippen LogP contribution in [0.25, 0.3) is 77.2 Å². The van der Waals surface area contributed by atoms with Gasteiger partial charge in [-0.25, -0.2) is 0 Å². The molecular weight excluding hydrogens is 611 g/mol. The molecule has 7 aromatic carbocycles. The average Bonchev–Trinajstić information content (AvgIpc) is 3.70. The van der Waals surface area contributed by atoms with Crippen LogP contribution in [0.4, 0.5) is 0 Å². The highest BCUT2D eigenvalue weighted by molar-refractivity contribution is 6.12. The lowest BCUT2D eigenvalue weighted by Gasteiger charge is -2.15. The first-order valence-corrected chi connectivity index (χ1v) is 16.3. The number of nitrogens with zero attached hydrogens (tertiary/aromatic N) is 5. The minimum absolute atomic E-state index is 0.566. The van der Waals surface area contributed by atoms with Gasteiger partial charge < -0.3 is 9.13 Å². The van der Waals surface area contributed by atoms with Gasteiger partial charge in [-0.05, 0) is 83.4 Å². The summed E-state index contributed by atoms with van der Waals surface area (Å²) in [6.45, 7) is 0. The van der Waals surface area contributed by atoms with Gasteiger partial charge in [-0.1, -0.05) is 84.9 Å². The molecule has 50 heavy (non-hydrogen) atoms. The predicted octanol–water partition coefficient (Wildman–Crippen LogP) is 10.8. The molecule has 0 aliphatic rings. The molecule has 0 N–H and O–H groups in total. The van der Waals surface area contributed by atoms with E-state index < -0.39 is 0 Å². The second-order valence-corrected chi connectivity index (χ2v) is 12.3. The second kappa shape index (κ2) is 11.4. The highest BCUT2D eigenvalue weighted by atomic mass is 15.0. The molecule has 230 valence electrons. The van der Waals surface area contributed by atoms with Crippen LogP contribution in [0.1, 0.15) is 16.7 Å². The Bertz CT molecular complexity index is 2940. The van der Waals surface area contributed by atoms with Crippen LogP contribution in [0, 0.1) is 34.0 Å². The highest BCUT2D eigenvalue weighted by Gasteiger charge is 2.18. The zero-order valence-corrected chi connectivity index (χ0v) is 26.7. The Morgan fingerprint density at radius 2 is 0.980 bits per heavy atom. The Morgan fingerprint density at radius 3 is 1.70 bits per heavy atom. The lowest BCUT2D eigenvalue weighted by atomic mass is 9.98. The third-order valence-electron chi connectivity index (χ3n) is 9.64. The van der Waals surface area contributed by atoms with Crippen molar-refractivity contribution in [2.45, 2.75) is 0 Å². The van der Waals surface area contributed by atoms with Crippen LogP contribution in [-0.4, -0.2) is 9.13 Å². The fourth-order valence-corrected chi connectivity index (χ4v) is 7.37. The molecule has 9 aromatic rings. The van der Waals surface area contributed by atoms with E-state index in [9.17, 15) is 15.8 Å². The van der Waals surface area contributed by atoms with Crippen molar-refractivity contribution in [3.8, 4) is 51.8 Å². The first-order valence-electron chi connectivity index (χ1n) is 16.3. The minimum atomic E-state index is 0.566. The Labute approximate surface area is 287 Å². The number of hydrogen-bond donors (Lipinski definition) is 0. The quantitative estimate of drug-likeness (QED) is 0.193. The number of nitriles is 3. The monoisotopic (exact) mass is 635 g/mol. The second-order valence-electron chi connectivity index (χ2n) is 12.3. The van der Waals surface area contributed by atoms with Gasteiger partial charge in [-0.15, -0.1) is 0 Å². The normalized spacial score (nSPS) is 11.1. The summed E-state index contributed by atoms with van der Waals surface area (Å²) in [4.78, 5) is 0. The molecule has 5 nitrogen and oxygen atoms in total. The lowest BCUT2D eigenvalue weighted by Crippen LogP contribution is -1.98. The Balaban J connectivity index is 1.13. The van der Waals surface area contributed by atoms with E-state index in [0.717, 1.165) is 77.2 Å². The van der Waals surface area contributed by atoms with Crippen molar-refractivity contribution in [2.24, 2.45) is 0 Å². The van der Waals surface area contributed by atoms with Crippen LogP contribution in [0.5, 0.6) is 0 Å². The molecule has 0 bridgehead atoms. The van der Waals surface area contributed by atoms with Crippen LogP contribution in [0.2, 0.25) is 0 Å². The van der Waals surface area contributed by atoms with Crippen molar-refractivity contribution in [1.29, 1.82) is 15.8 Å². The largest absolute Gasteiger partial charge is 0.309 e. The van der Waals surface area contributed by atoms with Gasteiger partial charge >= 0.3 is 0 Å². The van der Waals surface area contributed by atoms with Crippen molar-refractivity contribution in [1.82, 2.24) is 9.13 Å². The third-order valence-corrected chi connectivity index (χ3v) is 9.64. The van der Waals surface area contributed by atoms with E-state index >= 15 is 0 Å². The third kappa shape index (κ3) is 4.38. The molecule has 0 atom stereocenters. The molecule has 2 heterocycles. The fraction of sp³-hybridized carbons (Fsp3) is 0. The van der Waals surface area contributed by atoms with Crippen LogP contribution in [-0.2, 0) is 0 Å². The molecule has 0 aliphatic carbocycles. The predicted molar refractivity (Wildman–Crippen MR) is 200 cm³/mol. The summed E-state index contributed by atoms with van der Waals surface area (Å²) in [7, 11) is 0. The van der Waals surface area contributed by atoms with Gasteiger partial charge in [0.15, 0.2) is 0 Å². The summed E-state index contributed by atoms with van der Waals surface area (Å²) in [5.74, 6) is 0. The zero-order chi connectivity index (χ0) is 33.8. The molecule has 0 radical (unpaired) electrons. The summed E-state index contributed by atoms with van der Waals surface area (Å²) >= 11 is 0. The van der Waals surface area contributed by atoms with Crippen LogP contribution in [0.3, 0.4) is 0 Å². The van der Waals surface area contributed by atoms with Gasteiger partial charge in [0.05, 0.1) is 62.7 Å². The van der Waals surface area contributed by atoms with E-state index in [0.29, 0.717) is 16.7 Å². The maximum absolute atomic E-state index is 9.96. The van der Waals surface area contributed by atoms with E-state index in [1.165, 1.54) is 0 Å². The average molecular weight is 636 g/mol. The van der Waals surface area contributed by atoms with Crippen molar-refractivity contribution < 1.29 is 0 Å². The smallest absolute Gasteiger partial charge is 0.0998 e. The summed E-state index contributed by atoms with van der Waals surface area (Å²) in [5.41, 5.74) is 12.0. The number of para-hydroxylation sites is 2. The molecule has 0 aliphatic heterocycles. The minimum Gasteiger partial charge on any atom is -0.309 e. The molecular formula is C45H25N5. The lowest BCUT2D eigenvalue weighted by molar-refractivity contribution is 1.18. The number of aromatic nitrogens is 2. The molecule has 9 rings (SSSR count). The number of fused-ring (bicyclic) bond motifs is 6. The van der Waals surface area contributed by atoms with Crippen molar-refractivity contribution >= 4 is 43.6 Å². The maximum Gasteiger partial charge on any atom is 0.0998 e. The van der Waals surface area contributed by atoms with Gasteiger partial charge in [0.1, 0.15) is 0 Å². The van der Waals surface area contributed by atoms with Crippen LogP contribution >= 0.6 is 0 Å². The maximum atomic E-state index is 9.96. The van der Waals surface area contributed by atoms with Crippen molar-refractivity contribution in [3.63, 3.8) is 0 Å². The number of rotatable bonds is 4. The molecule has 0 spiro atoms. The molecule has 0 amide bonds. The Hall–Kier alpha value is -7.39. The fourth-order valence-electron chi connectivity index (χ4n) is 7.37. The number of hydrogen-bond acceptors (Lipinski definition) is 3. The van der Waals surface area contributed by atoms with Crippen LogP contribution < -0.4 is 0 Å². The SMILES string of the molecule is N#Cc1ccc(-c2ccc(-c3ccc(-n4c5ccccc5c5cc(C#N)ccc54)cc3)cc2)c(-n2c3ccccc3c3c(C#N)cccc32)c1. The van der Waals surface area contributed by atoms with Gasteiger partial charge in [0.2, 0.25) is 0 Å². The van der Waals surface area contributed by atoms with Crippen molar-refractivity contribution in [2.75, 3.05) is 0 Å². The molecule has 2 aromatic heterocycles. The van der Waals surface area contributed by atoms with Crippen LogP contribution in [0.15, 0.2) is 152 Å². The topological polar surface area (TPSA) is 81.2 Å². The standard InChI is InChI=1S/C45H25N5/c46-26-29-13-23-42-39(24-29)37-7-1-3-9-40(37)49(42)35-20-18-32(19-21-35)31-14-16-33(17-15-31)36-22-12-30(27-47)25-44(36)50-41-10-4-2-8-38(41)45-34(28-48)6-5-11-43(45)50/h1-25H. The van der Waals surface area contributed by atoms with E-state index in [-0.39, 0.29) is 0 Å². The first-order chi connectivity index (χ1) is 24.7. The molecule has 0 unspecified atom stereocenters. The van der Waals surface area contributed by atoms with E-state index in [1.54, 1.807) is 0 Å². The first kappa shape index (κ1) is 28.8. The van der Waals surface area contributed by atoms with Gasteiger partial charge in [0.25, 0.3) is 0 Å². The zero-order valence-electron chi connectivity index (χ0n) is 26.7. The summed E-state index contributed by atoms with van der Waals surface area (Å²) in [6, 6.07) is 57.9. The number of benzene rings is 7. The molecule has 0 fully saturated rings.